The Morgan fingerprint density at radius 1 is 1.55 bits per heavy atom. The summed E-state index contributed by atoms with van der Waals surface area (Å²) in [6.45, 7) is 1.60. The molecule has 110 valence electrons. The van der Waals surface area contributed by atoms with E-state index in [0.29, 0.717) is 18.2 Å². The monoisotopic (exact) mass is 299 g/mol. The zero-order valence-electron chi connectivity index (χ0n) is 11.2. The van der Waals surface area contributed by atoms with Crippen molar-refractivity contribution in [2.24, 2.45) is 0 Å². The van der Waals surface area contributed by atoms with E-state index in [1.165, 1.54) is 16.7 Å². The van der Waals surface area contributed by atoms with Gasteiger partial charge in [0.2, 0.25) is 0 Å². The molecule has 0 atom stereocenters. The topological polar surface area (TPSA) is 91.8 Å². The maximum atomic E-state index is 12.0. The first-order valence-electron chi connectivity index (χ1n) is 6.34. The lowest BCUT2D eigenvalue weighted by molar-refractivity contribution is 0.0525. The average molecular weight is 299 g/mol. The minimum Gasteiger partial charge on any atom is -0.476 e. The number of rotatable bonds is 4. The number of hydrogen-bond acceptors (Lipinski definition) is 5. The van der Waals surface area contributed by atoms with Gasteiger partial charge in [-0.3, -0.25) is 0 Å². The Hall–Kier alpha value is -1.67. The Bertz CT molecular complexity index is 485. The van der Waals surface area contributed by atoms with Gasteiger partial charge in [-0.25, -0.2) is 14.6 Å². The Labute approximate surface area is 120 Å². The Kier molecular flexibility index (Phi) is 4.91. The molecule has 0 aliphatic carbocycles. The molecule has 1 aliphatic rings. The number of thiazole rings is 1. The van der Waals surface area contributed by atoms with Crippen LogP contribution >= 0.6 is 11.3 Å². The van der Waals surface area contributed by atoms with Gasteiger partial charge in [0, 0.05) is 31.7 Å². The average Bonchev–Trinajstić information content (AvgIpc) is 2.94. The van der Waals surface area contributed by atoms with E-state index in [1.807, 2.05) is 0 Å². The molecule has 2 heterocycles. The number of carboxylic acid groups (broad SMARTS) is 1. The molecule has 2 amide bonds. The van der Waals surface area contributed by atoms with Gasteiger partial charge in [-0.1, -0.05) is 0 Å². The van der Waals surface area contributed by atoms with E-state index in [1.54, 1.807) is 11.9 Å². The van der Waals surface area contributed by atoms with Crippen molar-refractivity contribution >= 4 is 23.3 Å². The number of aromatic carboxylic acids is 1. The molecular formula is C12H17N3O4S. The van der Waals surface area contributed by atoms with Gasteiger partial charge in [0.1, 0.15) is 5.01 Å². The van der Waals surface area contributed by atoms with Crippen LogP contribution in [0.25, 0.3) is 0 Å². The molecule has 1 aromatic rings. The number of hydrogen-bond donors (Lipinski definition) is 2. The summed E-state index contributed by atoms with van der Waals surface area (Å²) in [6, 6.07) is 0.0126. The molecule has 0 spiro atoms. The third-order valence-corrected chi connectivity index (χ3v) is 4.07. The highest BCUT2D eigenvalue weighted by molar-refractivity contribution is 7.09. The summed E-state index contributed by atoms with van der Waals surface area (Å²) in [5.74, 6) is -1.06. The van der Waals surface area contributed by atoms with Crippen LogP contribution in [0.3, 0.4) is 0 Å². The van der Waals surface area contributed by atoms with Gasteiger partial charge in [-0.15, -0.1) is 11.3 Å². The van der Waals surface area contributed by atoms with Crippen molar-refractivity contribution < 1.29 is 19.4 Å². The van der Waals surface area contributed by atoms with Gasteiger partial charge in [0.05, 0.1) is 6.54 Å². The molecule has 1 aliphatic heterocycles. The number of nitrogens with one attached hydrogen (secondary N) is 1. The highest BCUT2D eigenvalue weighted by Crippen LogP contribution is 2.13. The van der Waals surface area contributed by atoms with Gasteiger partial charge < -0.3 is 20.1 Å². The Balaban J connectivity index is 1.82. The summed E-state index contributed by atoms with van der Waals surface area (Å²) in [5, 5.41) is 13.6. The highest BCUT2D eigenvalue weighted by Gasteiger charge is 2.22. The molecule has 0 aromatic carbocycles. The molecular weight excluding hydrogens is 282 g/mol. The molecule has 0 radical (unpaired) electrons. The maximum absolute atomic E-state index is 12.0. The summed E-state index contributed by atoms with van der Waals surface area (Å²) in [4.78, 5) is 28.3. The summed E-state index contributed by atoms with van der Waals surface area (Å²) < 4.78 is 5.26. The first-order valence-corrected chi connectivity index (χ1v) is 7.22. The van der Waals surface area contributed by atoms with Crippen LogP contribution in [0.4, 0.5) is 4.79 Å². The number of aromatic nitrogens is 1. The fourth-order valence-electron chi connectivity index (χ4n) is 2.00. The van der Waals surface area contributed by atoms with E-state index in [0.717, 1.165) is 12.8 Å². The molecule has 20 heavy (non-hydrogen) atoms. The van der Waals surface area contributed by atoms with Crippen LogP contribution < -0.4 is 5.32 Å². The van der Waals surface area contributed by atoms with Crippen LogP contribution in [0.5, 0.6) is 0 Å². The predicted octanol–water partition coefficient (Wildman–Crippen LogP) is 1.16. The second-order valence-corrected chi connectivity index (χ2v) is 5.49. The molecule has 0 saturated carbocycles. The first-order chi connectivity index (χ1) is 9.58. The molecule has 7 nitrogen and oxygen atoms in total. The van der Waals surface area contributed by atoms with Gasteiger partial charge in [0.15, 0.2) is 5.69 Å². The predicted molar refractivity (Wildman–Crippen MR) is 72.9 cm³/mol. The third kappa shape index (κ3) is 3.67. The molecule has 0 unspecified atom stereocenters. The lowest BCUT2D eigenvalue weighted by Crippen LogP contribution is -2.45. The first kappa shape index (κ1) is 14.7. The number of carbonyl (C=O) groups is 2. The second-order valence-electron chi connectivity index (χ2n) is 4.54. The standard InChI is InChI=1S/C12H17N3O4S/c1-15(8-2-4-19-5-3-8)12(18)13-6-10-14-9(7-20-10)11(16)17/h7-8H,2-6H2,1H3,(H,13,18)(H,16,17). The van der Waals surface area contributed by atoms with Crippen LogP contribution in [-0.4, -0.2) is 53.3 Å². The van der Waals surface area contributed by atoms with Crippen LogP contribution in [0.15, 0.2) is 5.38 Å². The quantitative estimate of drug-likeness (QED) is 0.870. The lowest BCUT2D eigenvalue weighted by atomic mass is 10.1. The SMILES string of the molecule is CN(C(=O)NCc1nc(C(=O)O)cs1)C1CCOCC1. The third-order valence-electron chi connectivity index (χ3n) is 3.22. The molecule has 1 saturated heterocycles. The Morgan fingerprint density at radius 2 is 2.25 bits per heavy atom. The number of urea groups is 1. The molecule has 1 aromatic heterocycles. The fourth-order valence-corrected chi connectivity index (χ4v) is 2.71. The van der Waals surface area contributed by atoms with Crippen molar-refractivity contribution in [2.75, 3.05) is 20.3 Å². The van der Waals surface area contributed by atoms with Crippen LogP contribution in [0.2, 0.25) is 0 Å². The van der Waals surface area contributed by atoms with E-state index in [-0.39, 0.29) is 24.3 Å². The van der Waals surface area contributed by atoms with Crippen molar-refractivity contribution in [1.29, 1.82) is 0 Å². The van der Waals surface area contributed by atoms with E-state index in [2.05, 4.69) is 10.3 Å². The molecule has 8 heteroatoms. The smallest absolute Gasteiger partial charge is 0.355 e. The van der Waals surface area contributed by atoms with E-state index in [9.17, 15) is 9.59 Å². The van der Waals surface area contributed by atoms with Crippen molar-refractivity contribution in [2.45, 2.75) is 25.4 Å². The van der Waals surface area contributed by atoms with Gasteiger partial charge in [-0.2, -0.15) is 0 Å². The minimum atomic E-state index is -1.06. The number of nitrogens with zero attached hydrogens (tertiary/aromatic N) is 2. The van der Waals surface area contributed by atoms with Gasteiger partial charge >= 0.3 is 12.0 Å². The number of ether oxygens (including phenoxy) is 1. The van der Waals surface area contributed by atoms with Gasteiger partial charge in [-0.05, 0) is 12.8 Å². The van der Waals surface area contributed by atoms with Crippen LogP contribution in [0, 0.1) is 0 Å². The van der Waals surface area contributed by atoms with E-state index in [4.69, 9.17) is 9.84 Å². The lowest BCUT2D eigenvalue weighted by Gasteiger charge is -2.31. The van der Waals surface area contributed by atoms with Crippen molar-refractivity contribution in [1.82, 2.24) is 15.2 Å². The fraction of sp³-hybridized carbons (Fsp3) is 0.583. The summed E-state index contributed by atoms with van der Waals surface area (Å²) in [6.07, 6.45) is 1.68. The van der Waals surface area contributed by atoms with Gasteiger partial charge in [0.25, 0.3) is 0 Å². The molecule has 0 bridgehead atoms. The maximum Gasteiger partial charge on any atom is 0.355 e. The van der Waals surface area contributed by atoms with Crippen molar-refractivity contribution in [3.8, 4) is 0 Å². The van der Waals surface area contributed by atoms with E-state index >= 15 is 0 Å². The van der Waals surface area contributed by atoms with E-state index < -0.39 is 5.97 Å². The summed E-state index contributed by atoms with van der Waals surface area (Å²) >= 11 is 1.22. The number of carbonyl (C=O) groups excluding carboxylic acids is 1. The molecule has 1 fully saturated rings. The summed E-state index contributed by atoms with van der Waals surface area (Å²) in [5.41, 5.74) is 0.0111. The van der Waals surface area contributed by atoms with Crippen LogP contribution in [-0.2, 0) is 11.3 Å². The van der Waals surface area contributed by atoms with Crippen molar-refractivity contribution in [3.05, 3.63) is 16.1 Å². The normalized spacial score (nSPS) is 15.8. The molecule has 2 N–H and O–H groups in total. The van der Waals surface area contributed by atoms with Crippen molar-refractivity contribution in [3.63, 3.8) is 0 Å². The highest BCUT2D eigenvalue weighted by atomic mass is 32.1. The minimum absolute atomic E-state index is 0.0111. The number of carboxylic acids is 1. The Morgan fingerprint density at radius 3 is 2.85 bits per heavy atom. The zero-order chi connectivity index (χ0) is 14.5. The molecule has 2 rings (SSSR count). The summed E-state index contributed by atoms with van der Waals surface area (Å²) in [7, 11) is 1.76. The largest absolute Gasteiger partial charge is 0.476 e. The second kappa shape index (κ2) is 6.67. The zero-order valence-corrected chi connectivity index (χ0v) is 12.0. The van der Waals surface area contributed by atoms with Crippen LogP contribution in [0.1, 0.15) is 28.3 Å². The number of amides is 2.